The average Bonchev–Trinajstić information content (AvgIpc) is 3.25. The molecule has 0 bridgehead atoms. The Kier molecular flexibility index (Phi) is 32.0. The van der Waals surface area contributed by atoms with E-state index in [1.54, 1.807) is 0 Å². The van der Waals surface area contributed by atoms with Gasteiger partial charge in [-0.2, -0.15) is 0 Å². The number of carbonyl (C=O) groups is 2. The topological polar surface area (TPSA) is 189 Å². The number of aliphatic hydroxyl groups is 4. The zero-order chi connectivity index (χ0) is 43.6. The minimum Gasteiger partial charge on any atom is -0.377 e. The first-order chi connectivity index (χ1) is 29.1. The molecule has 0 radical (unpaired) electrons. The number of nitrogens with two attached hydrogens (primary N) is 1. The van der Waals surface area contributed by atoms with Gasteiger partial charge in [-0.15, -0.1) is 0 Å². The Bertz CT molecular complexity index is 1350. The summed E-state index contributed by atoms with van der Waals surface area (Å²) in [6.07, 6.45) is 24.5. The van der Waals surface area contributed by atoms with E-state index in [0.717, 1.165) is 50.7 Å². The number of amides is 1. The van der Waals surface area contributed by atoms with Crippen LogP contribution in [-0.2, 0) is 23.9 Å². The Hall–Kier alpha value is -2.01. The summed E-state index contributed by atoms with van der Waals surface area (Å²) in [5, 5.41) is 39.0. The first kappa shape index (κ1) is 54.1. The molecule has 12 heteroatoms. The monoisotopic (exact) mass is 957 g/mol. The third-order valence-electron chi connectivity index (χ3n) is 10.9. The Morgan fingerprint density at radius 2 is 1.20 bits per heavy atom. The molecule has 2 aromatic carbocycles. The van der Waals surface area contributed by atoms with E-state index >= 15 is 0 Å². The number of ether oxygens (including phenoxy) is 2. The summed E-state index contributed by atoms with van der Waals surface area (Å²) in [5.74, 6) is -0.143. The zero-order valence-corrected chi connectivity index (χ0v) is 38.8. The predicted molar refractivity (Wildman–Crippen MR) is 247 cm³/mol. The van der Waals surface area contributed by atoms with E-state index in [0.29, 0.717) is 30.6 Å². The zero-order valence-electron chi connectivity index (χ0n) is 36.6. The Morgan fingerprint density at radius 1 is 0.667 bits per heavy atom. The van der Waals surface area contributed by atoms with Crippen molar-refractivity contribution >= 4 is 32.3 Å². The first-order valence-electron chi connectivity index (χ1n) is 23.1. The summed E-state index contributed by atoms with van der Waals surface area (Å²) in [6.45, 7) is 3.71. The first-order valence-corrected chi connectivity index (χ1v) is 26.2. The van der Waals surface area contributed by atoms with Crippen LogP contribution in [0.3, 0.4) is 0 Å². The fourth-order valence-electron chi connectivity index (χ4n) is 7.11. The molecule has 344 valence electrons. The molecule has 7 N–H and O–H groups in total. The summed E-state index contributed by atoms with van der Waals surface area (Å²) < 4.78 is 24.4. The minimum atomic E-state index is -3.18. The van der Waals surface area contributed by atoms with Gasteiger partial charge < -0.3 is 10.5 Å². The van der Waals surface area contributed by atoms with E-state index in [2.05, 4.69) is 6.92 Å². The van der Waals surface area contributed by atoms with Crippen LogP contribution in [0.15, 0.2) is 54.6 Å². The van der Waals surface area contributed by atoms with Crippen molar-refractivity contribution in [2.24, 2.45) is 5.73 Å². The van der Waals surface area contributed by atoms with Crippen LogP contribution < -0.4 is 5.73 Å². The molecule has 1 aliphatic rings. The number of primary amides is 1. The van der Waals surface area contributed by atoms with Crippen LogP contribution in [0.1, 0.15) is 189 Å². The number of alkyl halides is 1. The van der Waals surface area contributed by atoms with Gasteiger partial charge in [-0.05, 0) is 24.5 Å². The number of aliphatic hydroxyl groups excluding tert-OH is 4. The third-order valence-corrected chi connectivity index (χ3v) is 13.7. The number of hydrogen-bond acceptors (Lipinski definition) is 10. The number of ketones is 1. The summed E-state index contributed by atoms with van der Waals surface area (Å²) in [4.78, 5) is 23.2. The normalized spacial score (nSPS) is 18.8. The van der Waals surface area contributed by atoms with Crippen LogP contribution in [0.2, 0.25) is 0 Å². The van der Waals surface area contributed by atoms with Gasteiger partial charge in [-0.3, -0.25) is 9.59 Å². The molecule has 1 heterocycles. The fraction of sp³-hybridized carbons (Fsp3) is 0.708. The van der Waals surface area contributed by atoms with Crippen LogP contribution in [0, 0.1) is 0 Å². The number of hydrogen-bond donors (Lipinski definition) is 6. The van der Waals surface area contributed by atoms with Crippen LogP contribution in [0.4, 0.5) is 0 Å². The van der Waals surface area contributed by atoms with Gasteiger partial charge >= 0.3 is 133 Å². The van der Waals surface area contributed by atoms with Crippen LogP contribution >= 0.6 is 20.6 Å². The minimum absolute atomic E-state index is 0.0466. The Balaban J connectivity index is 0.000000413. The molecule has 60 heavy (non-hydrogen) atoms. The summed E-state index contributed by atoms with van der Waals surface area (Å²) >= 11 is -3.18. The molecule has 5 unspecified atom stereocenters. The molecule has 11 nitrogen and oxygen atoms in total. The number of benzene rings is 2. The predicted octanol–water partition coefficient (Wildman–Crippen LogP) is 9.78. The smallest absolute Gasteiger partial charge is 0.217 e. The molecule has 0 aromatic heterocycles. The molecule has 1 amide bonds. The molecule has 5 atom stereocenters. The van der Waals surface area contributed by atoms with Crippen LogP contribution in [-0.4, -0.2) is 77.5 Å². The van der Waals surface area contributed by atoms with E-state index in [1.165, 1.54) is 109 Å². The van der Waals surface area contributed by atoms with Crippen molar-refractivity contribution in [3.63, 3.8) is 0 Å². The van der Waals surface area contributed by atoms with Crippen molar-refractivity contribution in [3.05, 3.63) is 71.3 Å². The van der Waals surface area contributed by atoms with Crippen molar-refractivity contribution in [1.82, 2.24) is 0 Å². The largest absolute Gasteiger partial charge is 0.377 e. The SMILES string of the molecule is CCCCCCCCCCCCCCCC(O)CCOC1OI(O)C(O)C(O)C1O.NC(=O)CCCCCCCCCCCOCc1cccc(C(=O)c2ccccc2)c1. The van der Waals surface area contributed by atoms with E-state index in [1.807, 2.05) is 54.6 Å². The molecule has 3 rings (SSSR count). The second-order valence-corrected chi connectivity index (χ2v) is 19.5. The van der Waals surface area contributed by atoms with E-state index < -0.39 is 49.4 Å². The number of carbonyl (C=O) groups excluding carboxylic acids is 2. The second-order valence-electron chi connectivity index (χ2n) is 16.3. The fourth-order valence-corrected chi connectivity index (χ4v) is 9.42. The molecule has 0 aliphatic carbocycles. The quantitative estimate of drug-likeness (QED) is 0.0171. The molecule has 1 saturated heterocycles. The van der Waals surface area contributed by atoms with Gasteiger partial charge in [0.1, 0.15) is 0 Å². The summed E-state index contributed by atoms with van der Waals surface area (Å²) in [7, 11) is 0. The van der Waals surface area contributed by atoms with Crippen LogP contribution in [0.25, 0.3) is 0 Å². The summed E-state index contributed by atoms with van der Waals surface area (Å²) in [5.41, 5.74) is 7.58. The maximum atomic E-state index is 12.5. The number of rotatable bonds is 34. The van der Waals surface area contributed by atoms with Gasteiger partial charge in [0.25, 0.3) is 0 Å². The third kappa shape index (κ3) is 25.8. The molecule has 2 aromatic rings. The standard InChI is InChI=1S/C26H35NO3.C22H45IO7/c27-25(28)18-11-6-4-2-1-3-5-7-12-19-30-21-22-14-13-17-24(20-22)26(29)23-15-9-8-10-16-23;1-2-3-4-5-6-7-8-9-10-11-12-13-14-15-18(24)16-17-29-22-20(26)19(25)21(27)23(28)30-22/h8-10,13-17,20H,1-7,11-12,18-19,21H2,(H2,27,28);18-22,24-28H,2-17H2,1H3. The van der Waals surface area contributed by atoms with E-state index in [-0.39, 0.29) is 18.3 Å². The molecular weight excluding hydrogens is 877 g/mol. The molecule has 1 fully saturated rings. The maximum Gasteiger partial charge on any atom is 0.217 e. The van der Waals surface area contributed by atoms with Crippen LogP contribution in [0.5, 0.6) is 0 Å². The molecular formula is C48H80INO10. The van der Waals surface area contributed by atoms with Crippen molar-refractivity contribution in [1.29, 1.82) is 0 Å². The second kappa shape index (κ2) is 35.5. The number of halogens is 1. The van der Waals surface area contributed by atoms with Gasteiger partial charge in [0.05, 0.1) is 6.61 Å². The molecule has 0 spiro atoms. The van der Waals surface area contributed by atoms with Crippen molar-refractivity contribution in [3.8, 4) is 0 Å². The van der Waals surface area contributed by atoms with Gasteiger partial charge in [0.15, 0.2) is 5.78 Å². The number of unbranched alkanes of at least 4 members (excludes halogenated alkanes) is 20. The Labute approximate surface area is 369 Å². The van der Waals surface area contributed by atoms with Crippen molar-refractivity contribution in [2.45, 2.75) is 203 Å². The van der Waals surface area contributed by atoms with Crippen molar-refractivity contribution in [2.75, 3.05) is 13.2 Å². The van der Waals surface area contributed by atoms with Gasteiger partial charge in [-0.1, -0.05) is 152 Å². The van der Waals surface area contributed by atoms with E-state index in [4.69, 9.17) is 18.3 Å². The molecule has 1 aliphatic heterocycles. The van der Waals surface area contributed by atoms with Gasteiger partial charge in [0, 0.05) is 24.2 Å². The average molecular weight is 958 g/mol. The van der Waals surface area contributed by atoms with Gasteiger partial charge in [0.2, 0.25) is 5.91 Å². The van der Waals surface area contributed by atoms with E-state index in [9.17, 15) is 33.5 Å². The maximum absolute atomic E-state index is 12.5. The van der Waals surface area contributed by atoms with Gasteiger partial charge in [-0.25, -0.2) is 0 Å². The summed E-state index contributed by atoms with van der Waals surface area (Å²) in [6, 6.07) is 17.1. The van der Waals surface area contributed by atoms with Crippen molar-refractivity contribution < 1.29 is 46.0 Å². The molecule has 0 saturated carbocycles. The Morgan fingerprint density at radius 3 is 1.78 bits per heavy atom.